The lowest BCUT2D eigenvalue weighted by atomic mass is 10.00. The van der Waals surface area contributed by atoms with Gasteiger partial charge in [0, 0.05) is 18.4 Å². The Labute approximate surface area is 186 Å². The van der Waals surface area contributed by atoms with E-state index in [-0.39, 0.29) is 30.9 Å². The van der Waals surface area contributed by atoms with Crippen molar-refractivity contribution < 1.29 is 13.9 Å². The second-order valence-corrected chi connectivity index (χ2v) is 7.27. The number of nitrogens with zero attached hydrogens (tertiary/aromatic N) is 5. The number of nitrogens with two attached hydrogens (primary N) is 1. The molecule has 4 rings (SSSR count). The number of pyridine rings is 1. The van der Waals surface area contributed by atoms with Crippen molar-refractivity contribution >= 4 is 29.8 Å². The van der Waals surface area contributed by atoms with E-state index in [0.29, 0.717) is 30.0 Å². The maximum atomic E-state index is 14.0. The molecule has 10 heteroatoms. The second-order valence-electron chi connectivity index (χ2n) is 7.27. The maximum Gasteiger partial charge on any atom is 0.343 e. The molecule has 4 heterocycles. The first kappa shape index (κ1) is 22.9. The van der Waals surface area contributed by atoms with Crippen LogP contribution in [0.1, 0.15) is 53.8 Å². The zero-order valence-corrected chi connectivity index (χ0v) is 18.1. The van der Waals surface area contributed by atoms with Gasteiger partial charge in [0.2, 0.25) is 0 Å². The molecule has 31 heavy (non-hydrogen) atoms. The van der Waals surface area contributed by atoms with Crippen molar-refractivity contribution in [3.63, 3.8) is 0 Å². The van der Waals surface area contributed by atoms with Crippen LogP contribution in [0.3, 0.4) is 0 Å². The predicted octanol–water partition coefficient (Wildman–Crippen LogP) is 3.09. The second kappa shape index (κ2) is 10.0. The topological polar surface area (TPSA) is 98.6 Å². The van der Waals surface area contributed by atoms with Crippen molar-refractivity contribution in [3.8, 4) is 0 Å². The van der Waals surface area contributed by atoms with Crippen molar-refractivity contribution in [2.75, 3.05) is 24.6 Å². The van der Waals surface area contributed by atoms with Gasteiger partial charge in [-0.05, 0) is 56.8 Å². The van der Waals surface area contributed by atoms with E-state index < -0.39 is 5.97 Å². The van der Waals surface area contributed by atoms with Crippen molar-refractivity contribution in [1.29, 1.82) is 0 Å². The molecule has 0 unspecified atom stereocenters. The third kappa shape index (κ3) is 4.62. The molecule has 8 nitrogen and oxygen atoms in total. The highest BCUT2D eigenvalue weighted by atomic mass is 35.5. The lowest BCUT2D eigenvalue weighted by Gasteiger charge is -2.27. The van der Waals surface area contributed by atoms with Crippen LogP contribution in [0.15, 0.2) is 30.7 Å². The third-order valence-corrected chi connectivity index (χ3v) is 5.34. The fourth-order valence-corrected chi connectivity index (χ4v) is 3.99. The van der Waals surface area contributed by atoms with Crippen LogP contribution in [0.25, 0.3) is 5.65 Å². The van der Waals surface area contributed by atoms with Crippen molar-refractivity contribution in [1.82, 2.24) is 19.6 Å². The van der Waals surface area contributed by atoms with Gasteiger partial charge in [-0.1, -0.05) is 0 Å². The van der Waals surface area contributed by atoms with E-state index in [1.165, 1.54) is 12.4 Å². The van der Waals surface area contributed by atoms with E-state index in [9.17, 15) is 9.18 Å². The first-order valence-electron chi connectivity index (χ1n) is 10.2. The van der Waals surface area contributed by atoms with E-state index in [1.54, 1.807) is 23.7 Å². The first-order chi connectivity index (χ1) is 14.6. The standard InChI is InChI=1S/C21H25FN6O2.ClH/c1-2-30-21(29)16-13-25-28-10-7-19(26-20(16)28)27-9-4-6-18(27)15-11-14(22)12-24-17(15)5-3-8-23;/h7,10-13,18H,2-6,8-9,23H2,1H3;1H/t18-;/m1./s1. The van der Waals surface area contributed by atoms with Gasteiger partial charge in [-0.2, -0.15) is 5.10 Å². The quantitative estimate of drug-likeness (QED) is 0.554. The molecule has 1 aliphatic rings. The molecule has 1 fully saturated rings. The Morgan fingerprint density at radius 3 is 3.00 bits per heavy atom. The number of halogens is 2. The van der Waals surface area contributed by atoms with Crippen LogP contribution in [-0.2, 0) is 11.2 Å². The van der Waals surface area contributed by atoms with Crippen LogP contribution in [0.2, 0.25) is 0 Å². The molecular weight excluding hydrogens is 423 g/mol. The summed E-state index contributed by atoms with van der Waals surface area (Å²) in [5.74, 6) is -0.0873. The molecular formula is C21H26ClFN6O2. The molecule has 0 aromatic carbocycles. The Bertz CT molecular complexity index is 1060. The van der Waals surface area contributed by atoms with Gasteiger partial charge in [-0.15, -0.1) is 12.4 Å². The molecule has 166 valence electrons. The van der Waals surface area contributed by atoms with Gasteiger partial charge in [0.15, 0.2) is 5.65 Å². The molecule has 0 saturated carbocycles. The molecule has 1 atom stereocenters. The first-order valence-corrected chi connectivity index (χ1v) is 10.2. The minimum Gasteiger partial charge on any atom is -0.462 e. The van der Waals surface area contributed by atoms with Gasteiger partial charge in [0.05, 0.1) is 25.0 Å². The third-order valence-electron chi connectivity index (χ3n) is 5.34. The summed E-state index contributed by atoms with van der Waals surface area (Å²) in [5, 5.41) is 4.19. The van der Waals surface area contributed by atoms with Gasteiger partial charge in [0.1, 0.15) is 17.2 Å². The normalized spacial score (nSPS) is 15.8. The van der Waals surface area contributed by atoms with E-state index in [0.717, 1.165) is 37.1 Å². The monoisotopic (exact) mass is 448 g/mol. The average Bonchev–Trinajstić information content (AvgIpc) is 3.39. The number of hydrogen-bond donors (Lipinski definition) is 1. The highest BCUT2D eigenvalue weighted by Crippen LogP contribution is 2.37. The summed E-state index contributed by atoms with van der Waals surface area (Å²) < 4.78 is 20.7. The smallest absolute Gasteiger partial charge is 0.343 e. The number of esters is 1. The number of carbonyl (C=O) groups excluding carboxylic acids is 1. The zero-order chi connectivity index (χ0) is 21.1. The van der Waals surface area contributed by atoms with Gasteiger partial charge in [0.25, 0.3) is 0 Å². The summed E-state index contributed by atoms with van der Waals surface area (Å²) in [6, 6.07) is 3.40. The van der Waals surface area contributed by atoms with Crippen LogP contribution in [0.4, 0.5) is 10.2 Å². The summed E-state index contributed by atoms with van der Waals surface area (Å²) in [4.78, 5) is 23.4. The van der Waals surface area contributed by atoms with Crippen molar-refractivity contribution in [3.05, 3.63) is 53.4 Å². The molecule has 3 aromatic rings. The maximum absolute atomic E-state index is 14.0. The molecule has 2 N–H and O–H groups in total. The number of hydrogen-bond acceptors (Lipinski definition) is 7. The Morgan fingerprint density at radius 1 is 1.39 bits per heavy atom. The molecule has 0 spiro atoms. The Hall–Kier alpha value is -2.78. The summed E-state index contributed by atoms with van der Waals surface area (Å²) in [6.07, 6.45) is 7.82. The number of aryl methyl sites for hydroxylation is 1. The largest absolute Gasteiger partial charge is 0.462 e. The van der Waals surface area contributed by atoms with Gasteiger partial charge in [-0.3, -0.25) is 4.98 Å². The number of anilines is 1. The van der Waals surface area contributed by atoms with Crippen LogP contribution in [-0.4, -0.2) is 45.2 Å². The number of rotatable bonds is 7. The fourth-order valence-electron chi connectivity index (χ4n) is 3.99. The highest BCUT2D eigenvalue weighted by Gasteiger charge is 2.30. The molecule has 0 bridgehead atoms. The van der Waals surface area contributed by atoms with Gasteiger partial charge in [-0.25, -0.2) is 18.7 Å². The molecule has 1 aliphatic heterocycles. The van der Waals surface area contributed by atoms with Crippen LogP contribution in [0.5, 0.6) is 0 Å². The predicted molar refractivity (Wildman–Crippen MR) is 117 cm³/mol. The molecule has 0 radical (unpaired) electrons. The molecule has 0 aliphatic carbocycles. The average molecular weight is 449 g/mol. The highest BCUT2D eigenvalue weighted by molar-refractivity contribution is 5.95. The van der Waals surface area contributed by atoms with Gasteiger partial charge >= 0.3 is 5.97 Å². The van der Waals surface area contributed by atoms with Crippen LogP contribution in [0, 0.1) is 5.82 Å². The summed E-state index contributed by atoms with van der Waals surface area (Å²) in [6.45, 7) is 3.38. The fraction of sp³-hybridized carbons (Fsp3) is 0.429. The van der Waals surface area contributed by atoms with Crippen molar-refractivity contribution in [2.24, 2.45) is 5.73 Å². The zero-order valence-electron chi connectivity index (χ0n) is 17.3. The summed E-state index contributed by atoms with van der Waals surface area (Å²) in [5.41, 5.74) is 8.18. The Balaban J connectivity index is 0.00000272. The lowest BCUT2D eigenvalue weighted by Crippen LogP contribution is -2.25. The minimum absolute atomic E-state index is 0. The van der Waals surface area contributed by atoms with Gasteiger partial charge < -0.3 is 15.4 Å². The lowest BCUT2D eigenvalue weighted by molar-refractivity contribution is 0.0528. The number of fused-ring (bicyclic) bond motifs is 1. The van der Waals surface area contributed by atoms with E-state index in [2.05, 4.69) is 15.0 Å². The number of aromatic nitrogens is 4. The van der Waals surface area contributed by atoms with E-state index in [4.69, 9.17) is 15.5 Å². The Morgan fingerprint density at radius 2 is 2.23 bits per heavy atom. The minimum atomic E-state index is -0.450. The Kier molecular flexibility index (Phi) is 7.40. The van der Waals surface area contributed by atoms with Crippen LogP contribution < -0.4 is 10.6 Å². The molecule has 1 saturated heterocycles. The SMILES string of the molecule is CCOC(=O)c1cnn2ccc(N3CCC[C@@H]3c3cc(F)cnc3CCCN)nc12.Cl. The van der Waals surface area contributed by atoms with E-state index >= 15 is 0 Å². The van der Waals surface area contributed by atoms with Crippen molar-refractivity contribution in [2.45, 2.75) is 38.6 Å². The van der Waals surface area contributed by atoms with E-state index in [1.807, 2.05) is 6.07 Å². The van der Waals surface area contributed by atoms with Crippen LogP contribution >= 0.6 is 12.4 Å². The summed E-state index contributed by atoms with van der Waals surface area (Å²) >= 11 is 0. The molecule has 0 amide bonds. The summed E-state index contributed by atoms with van der Waals surface area (Å²) in [7, 11) is 0. The number of carbonyl (C=O) groups is 1. The number of ether oxygens (including phenoxy) is 1. The molecule has 3 aromatic heterocycles.